The van der Waals surface area contributed by atoms with E-state index in [2.05, 4.69) is 43.4 Å². The Kier molecular flexibility index (Phi) is 5.76. The van der Waals surface area contributed by atoms with E-state index >= 15 is 0 Å². The summed E-state index contributed by atoms with van der Waals surface area (Å²) in [6.45, 7) is 8.08. The Bertz CT molecular complexity index is 558. The summed E-state index contributed by atoms with van der Waals surface area (Å²) in [4.78, 5) is 0. The van der Waals surface area contributed by atoms with Crippen molar-refractivity contribution in [3.8, 4) is 11.1 Å². The minimum atomic E-state index is -0.792. The number of rotatable bonds is 7. The SMILES string of the molecule is CC(C)CNCCC(C)(O)c1ccc(-c2ccccc2)cc1. The monoisotopic (exact) mass is 297 g/mol. The number of aliphatic hydroxyl groups is 1. The van der Waals surface area contributed by atoms with Gasteiger partial charge in [-0.2, -0.15) is 0 Å². The number of nitrogens with one attached hydrogen (secondary N) is 1. The summed E-state index contributed by atoms with van der Waals surface area (Å²) in [6, 6.07) is 18.5. The first-order valence-corrected chi connectivity index (χ1v) is 8.08. The summed E-state index contributed by atoms with van der Waals surface area (Å²) >= 11 is 0. The van der Waals surface area contributed by atoms with Crippen molar-refractivity contribution in [2.75, 3.05) is 13.1 Å². The summed E-state index contributed by atoms with van der Waals surface area (Å²) in [5.74, 6) is 0.634. The molecule has 0 saturated carbocycles. The van der Waals surface area contributed by atoms with Crippen LogP contribution in [0.5, 0.6) is 0 Å². The molecule has 0 amide bonds. The molecule has 0 saturated heterocycles. The lowest BCUT2D eigenvalue weighted by molar-refractivity contribution is 0.0479. The molecule has 118 valence electrons. The van der Waals surface area contributed by atoms with E-state index in [0.717, 1.165) is 18.7 Å². The lowest BCUT2D eigenvalue weighted by atomic mass is 9.91. The van der Waals surface area contributed by atoms with Crippen LogP contribution in [-0.2, 0) is 5.60 Å². The Morgan fingerprint density at radius 1 is 0.955 bits per heavy atom. The van der Waals surface area contributed by atoms with Gasteiger partial charge in [0.1, 0.15) is 0 Å². The molecule has 0 aliphatic rings. The zero-order valence-electron chi connectivity index (χ0n) is 13.8. The second-order valence-electron chi connectivity index (χ2n) is 6.57. The quantitative estimate of drug-likeness (QED) is 0.751. The van der Waals surface area contributed by atoms with Crippen LogP contribution in [0.15, 0.2) is 54.6 Å². The van der Waals surface area contributed by atoms with Gasteiger partial charge < -0.3 is 10.4 Å². The summed E-state index contributed by atoms with van der Waals surface area (Å²) < 4.78 is 0. The summed E-state index contributed by atoms with van der Waals surface area (Å²) in [5.41, 5.74) is 2.56. The molecule has 2 rings (SSSR count). The highest BCUT2D eigenvalue weighted by Gasteiger charge is 2.22. The third-order valence-electron chi connectivity index (χ3n) is 3.96. The van der Waals surface area contributed by atoms with Gasteiger partial charge >= 0.3 is 0 Å². The van der Waals surface area contributed by atoms with Crippen LogP contribution in [0.2, 0.25) is 0 Å². The average Bonchev–Trinajstić information content (AvgIpc) is 2.52. The van der Waals surface area contributed by atoms with Crippen LogP contribution >= 0.6 is 0 Å². The Morgan fingerprint density at radius 3 is 2.14 bits per heavy atom. The molecule has 2 nitrogen and oxygen atoms in total. The molecule has 1 atom stereocenters. The maximum absolute atomic E-state index is 10.7. The van der Waals surface area contributed by atoms with Crippen molar-refractivity contribution >= 4 is 0 Å². The van der Waals surface area contributed by atoms with Gasteiger partial charge in [-0.25, -0.2) is 0 Å². The predicted molar refractivity (Wildman–Crippen MR) is 93.8 cm³/mol. The molecule has 0 aliphatic carbocycles. The number of benzene rings is 2. The third kappa shape index (κ3) is 4.69. The normalized spacial score (nSPS) is 14.0. The fourth-order valence-corrected chi connectivity index (χ4v) is 2.52. The molecule has 0 aromatic heterocycles. The van der Waals surface area contributed by atoms with Gasteiger partial charge in [-0.1, -0.05) is 68.4 Å². The lowest BCUT2D eigenvalue weighted by Crippen LogP contribution is -2.29. The van der Waals surface area contributed by atoms with Gasteiger partial charge in [-0.05, 0) is 49.0 Å². The number of hydrogen-bond donors (Lipinski definition) is 2. The summed E-state index contributed by atoms with van der Waals surface area (Å²) in [5, 5.41) is 14.1. The van der Waals surface area contributed by atoms with E-state index in [4.69, 9.17) is 0 Å². The first-order chi connectivity index (χ1) is 10.5. The molecular formula is C20H27NO. The van der Waals surface area contributed by atoms with Gasteiger partial charge in [0.15, 0.2) is 0 Å². The second kappa shape index (κ2) is 7.57. The number of hydrogen-bond acceptors (Lipinski definition) is 2. The van der Waals surface area contributed by atoms with Crippen molar-refractivity contribution in [1.29, 1.82) is 0 Å². The zero-order chi connectivity index (χ0) is 16.0. The van der Waals surface area contributed by atoms with Crippen LogP contribution < -0.4 is 5.32 Å². The molecule has 0 spiro atoms. The molecule has 1 unspecified atom stereocenters. The van der Waals surface area contributed by atoms with Crippen molar-refractivity contribution in [2.45, 2.75) is 32.8 Å². The first kappa shape index (κ1) is 16.7. The summed E-state index contributed by atoms with van der Waals surface area (Å²) in [6.07, 6.45) is 0.713. The van der Waals surface area contributed by atoms with Gasteiger partial charge in [-0.3, -0.25) is 0 Å². The van der Waals surface area contributed by atoms with Crippen LogP contribution in [0.25, 0.3) is 11.1 Å². The van der Waals surface area contributed by atoms with Gasteiger partial charge in [0.25, 0.3) is 0 Å². The highest BCUT2D eigenvalue weighted by molar-refractivity contribution is 5.63. The minimum absolute atomic E-state index is 0.634. The van der Waals surface area contributed by atoms with Crippen molar-refractivity contribution in [2.24, 2.45) is 5.92 Å². The Labute approximate surface area is 134 Å². The second-order valence-corrected chi connectivity index (χ2v) is 6.57. The van der Waals surface area contributed by atoms with Gasteiger partial charge in [-0.15, -0.1) is 0 Å². The molecule has 0 aliphatic heterocycles. The van der Waals surface area contributed by atoms with E-state index in [1.54, 1.807) is 0 Å². The standard InChI is InChI=1S/C20H27NO/c1-16(2)15-21-14-13-20(3,22)19-11-9-18(10-12-19)17-7-5-4-6-8-17/h4-12,16,21-22H,13-15H2,1-3H3. The smallest absolute Gasteiger partial charge is 0.0880 e. The molecular weight excluding hydrogens is 270 g/mol. The molecule has 0 radical (unpaired) electrons. The van der Waals surface area contributed by atoms with Crippen LogP contribution in [0, 0.1) is 5.92 Å². The Hall–Kier alpha value is -1.64. The fraction of sp³-hybridized carbons (Fsp3) is 0.400. The predicted octanol–water partition coefficient (Wildman–Crippen LogP) is 4.20. The molecule has 2 aromatic carbocycles. The van der Waals surface area contributed by atoms with Gasteiger partial charge in [0.05, 0.1) is 5.60 Å². The highest BCUT2D eigenvalue weighted by atomic mass is 16.3. The fourth-order valence-electron chi connectivity index (χ4n) is 2.52. The maximum Gasteiger partial charge on any atom is 0.0880 e. The summed E-state index contributed by atoms with van der Waals surface area (Å²) in [7, 11) is 0. The van der Waals surface area contributed by atoms with Crippen LogP contribution in [0.3, 0.4) is 0 Å². The Balaban J connectivity index is 1.99. The van der Waals surface area contributed by atoms with Gasteiger partial charge in [0, 0.05) is 0 Å². The maximum atomic E-state index is 10.7. The average molecular weight is 297 g/mol. The zero-order valence-corrected chi connectivity index (χ0v) is 13.8. The largest absolute Gasteiger partial charge is 0.385 e. The van der Waals surface area contributed by atoms with E-state index in [1.807, 2.05) is 37.3 Å². The minimum Gasteiger partial charge on any atom is -0.385 e. The third-order valence-corrected chi connectivity index (χ3v) is 3.96. The van der Waals surface area contributed by atoms with E-state index in [0.29, 0.717) is 12.3 Å². The molecule has 0 heterocycles. The lowest BCUT2D eigenvalue weighted by Gasteiger charge is -2.24. The highest BCUT2D eigenvalue weighted by Crippen LogP contribution is 2.27. The van der Waals surface area contributed by atoms with E-state index < -0.39 is 5.60 Å². The van der Waals surface area contributed by atoms with Crippen molar-refractivity contribution in [3.05, 3.63) is 60.2 Å². The molecule has 2 heteroatoms. The van der Waals surface area contributed by atoms with Crippen LogP contribution in [0.1, 0.15) is 32.8 Å². The van der Waals surface area contributed by atoms with Crippen molar-refractivity contribution in [3.63, 3.8) is 0 Å². The van der Waals surface area contributed by atoms with Gasteiger partial charge in [0.2, 0.25) is 0 Å². The molecule has 0 fully saturated rings. The molecule has 0 bridgehead atoms. The molecule has 2 N–H and O–H groups in total. The van der Waals surface area contributed by atoms with Crippen molar-refractivity contribution in [1.82, 2.24) is 5.32 Å². The van der Waals surface area contributed by atoms with E-state index in [1.165, 1.54) is 11.1 Å². The molecule has 2 aromatic rings. The topological polar surface area (TPSA) is 32.3 Å². The van der Waals surface area contributed by atoms with Crippen LogP contribution in [-0.4, -0.2) is 18.2 Å². The molecule has 22 heavy (non-hydrogen) atoms. The van der Waals surface area contributed by atoms with Crippen molar-refractivity contribution < 1.29 is 5.11 Å². The Morgan fingerprint density at radius 2 is 1.55 bits per heavy atom. The van der Waals surface area contributed by atoms with E-state index in [-0.39, 0.29) is 0 Å². The first-order valence-electron chi connectivity index (χ1n) is 8.08. The van der Waals surface area contributed by atoms with E-state index in [9.17, 15) is 5.11 Å². The van der Waals surface area contributed by atoms with Crippen LogP contribution in [0.4, 0.5) is 0 Å².